The van der Waals surface area contributed by atoms with Crippen molar-refractivity contribution < 1.29 is 8.42 Å². The quantitative estimate of drug-likeness (QED) is 0.896. The first kappa shape index (κ1) is 15.9. The van der Waals surface area contributed by atoms with Gasteiger partial charge in [0.1, 0.15) is 0 Å². The van der Waals surface area contributed by atoms with Crippen molar-refractivity contribution in [2.75, 3.05) is 23.7 Å². The molecule has 21 heavy (non-hydrogen) atoms. The van der Waals surface area contributed by atoms with Gasteiger partial charge in [-0.05, 0) is 55.0 Å². The van der Waals surface area contributed by atoms with E-state index in [1.54, 1.807) is 30.3 Å². The molecule has 0 atom stereocenters. The minimum atomic E-state index is -3.57. The second kappa shape index (κ2) is 6.07. The van der Waals surface area contributed by atoms with Crippen molar-refractivity contribution in [3.8, 4) is 0 Å². The Balaban J connectivity index is 2.30. The van der Waals surface area contributed by atoms with Gasteiger partial charge < -0.3 is 4.90 Å². The van der Waals surface area contributed by atoms with Gasteiger partial charge in [0.05, 0.1) is 10.6 Å². The highest BCUT2D eigenvalue weighted by atomic mass is 79.9. The van der Waals surface area contributed by atoms with Crippen LogP contribution in [0.1, 0.15) is 5.56 Å². The molecule has 6 heteroatoms. The summed E-state index contributed by atoms with van der Waals surface area (Å²) in [6.07, 6.45) is 0. The van der Waals surface area contributed by atoms with Gasteiger partial charge in [0.2, 0.25) is 0 Å². The summed E-state index contributed by atoms with van der Waals surface area (Å²) in [7, 11) is 0.320. The zero-order chi connectivity index (χ0) is 15.6. The standard InChI is InChI=1S/C15H17BrN2O2S/c1-11-10-13(18(2)3)6-9-15(11)17-21(19,20)14-7-4-12(16)5-8-14/h4-10,17H,1-3H3. The first-order valence-corrected chi connectivity index (χ1v) is 8.63. The number of rotatable bonds is 4. The van der Waals surface area contributed by atoms with Gasteiger partial charge in [-0.1, -0.05) is 15.9 Å². The first-order valence-electron chi connectivity index (χ1n) is 6.36. The van der Waals surface area contributed by atoms with Gasteiger partial charge in [-0.25, -0.2) is 8.42 Å². The van der Waals surface area contributed by atoms with E-state index in [9.17, 15) is 8.42 Å². The molecule has 0 radical (unpaired) electrons. The van der Waals surface area contributed by atoms with Crippen molar-refractivity contribution in [2.45, 2.75) is 11.8 Å². The maximum atomic E-state index is 12.3. The molecule has 0 amide bonds. The summed E-state index contributed by atoms with van der Waals surface area (Å²) < 4.78 is 28.2. The van der Waals surface area contributed by atoms with Crippen molar-refractivity contribution in [3.05, 3.63) is 52.5 Å². The summed E-state index contributed by atoms with van der Waals surface area (Å²) in [6.45, 7) is 1.88. The summed E-state index contributed by atoms with van der Waals surface area (Å²) in [5.74, 6) is 0. The Bertz CT molecular complexity index is 741. The molecule has 2 aromatic carbocycles. The molecule has 1 N–H and O–H groups in total. The second-order valence-corrected chi connectivity index (χ2v) is 7.55. The van der Waals surface area contributed by atoms with Crippen LogP contribution in [0.25, 0.3) is 0 Å². The molecule has 0 aliphatic carbocycles. The van der Waals surface area contributed by atoms with E-state index >= 15 is 0 Å². The van der Waals surface area contributed by atoms with E-state index in [-0.39, 0.29) is 4.90 Å². The number of halogens is 1. The monoisotopic (exact) mass is 368 g/mol. The molecule has 0 fully saturated rings. The van der Waals surface area contributed by atoms with Crippen LogP contribution in [-0.2, 0) is 10.0 Å². The molecule has 112 valence electrons. The molecule has 0 bridgehead atoms. The minimum absolute atomic E-state index is 0.238. The summed E-state index contributed by atoms with van der Waals surface area (Å²) in [4.78, 5) is 2.21. The van der Waals surface area contributed by atoms with Crippen LogP contribution in [0, 0.1) is 6.92 Å². The maximum Gasteiger partial charge on any atom is 0.261 e. The lowest BCUT2D eigenvalue weighted by atomic mass is 10.2. The Labute approximate surface area is 134 Å². The van der Waals surface area contributed by atoms with E-state index in [4.69, 9.17) is 0 Å². The Kier molecular flexibility index (Phi) is 4.58. The molecule has 0 aliphatic rings. The fraction of sp³-hybridized carbons (Fsp3) is 0.200. The van der Waals surface area contributed by atoms with Gasteiger partial charge in [-0.2, -0.15) is 0 Å². The summed E-state index contributed by atoms with van der Waals surface area (Å²) in [6, 6.07) is 12.1. The molecule has 4 nitrogen and oxygen atoms in total. The third-order valence-electron chi connectivity index (χ3n) is 3.09. The lowest BCUT2D eigenvalue weighted by molar-refractivity contribution is 0.601. The fourth-order valence-corrected chi connectivity index (χ4v) is 3.25. The molecule has 0 saturated carbocycles. The van der Waals surface area contributed by atoms with Crippen LogP contribution in [0.4, 0.5) is 11.4 Å². The Morgan fingerprint density at radius 2 is 1.67 bits per heavy atom. The Hall–Kier alpha value is -1.53. The van der Waals surface area contributed by atoms with Crippen LogP contribution in [0.15, 0.2) is 51.8 Å². The normalized spacial score (nSPS) is 11.2. The number of nitrogens with zero attached hydrogens (tertiary/aromatic N) is 1. The van der Waals surface area contributed by atoms with E-state index in [1.807, 2.05) is 38.1 Å². The topological polar surface area (TPSA) is 49.4 Å². The Morgan fingerprint density at radius 1 is 1.05 bits per heavy atom. The number of hydrogen-bond donors (Lipinski definition) is 1. The van der Waals surface area contributed by atoms with Gasteiger partial charge in [0, 0.05) is 24.3 Å². The highest BCUT2D eigenvalue weighted by molar-refractivity contribution is 9.10. The van der Waals surface area contributed by atoms with E-state index in [0.29, 0.717) is 5.69 Å². The Morgan fingerprint density at radius 3 is 2.19 bits per heavy atom. The summed E-state index contributed by atoms with van der Waals surface area (Å²) in [5, 5.41) is 0. The SMILES string of the molecule is Cc1cc(N(C)C)ccc1NS(=O)(=O)c1ccc(Br)cc1. The number of nitrogens with one attached hydrogen (secondary N) is 1. The van der Waals surface area contributed by atoms with E-state index in [0.717, 1.165) is 15.7 Å². The number of benzene rings is 2. The van der Waals surface area contributed by atoms with Crippen LogP contribution < -0.4 is 9.62 Å². The molecular weight excluding hydrogens is 352 g/mol. The molecule has 0 aromatic heterocycles. The van der Waals surface area contributed by atoms with Crippen molar-refractivity contribution in [1.82, 2.24) is 0 Å². The number of anilines is 2. The van der Waals surface area contributed by atoms with E-state index < -0.39 is 10.0 Å². The van der Waals surface area contributed by atoms with Crippen molar-refractivity contribution in [3.63, 3.8) is 0 Å². The zero-order valence-corrected chi connectivity index (χ0v) is 14.5. The van der Waals surface area contributed by atoms with Crippen molar-refractivity contribution in [1.29, 1.82) is 0 Å². The van der Waals surface area contributed by atoms with Crippen molar-refractivity contribution in [2.24, 2.45) is 0 Å². The van der Waals surface area contributed by atoms with Gasteiger partial charge in [-0.15, -0.1) is 0 Å². The van der Waals surface area contributed by atoms with Crippen molar-refractivity contribution >= 4 is 37.3 Å². The second-order valence-electron chi connectivity index (χ2n) is 4.95. The van der Waals surface area contributed by atoms with E-state index in [2.05, 4.69) is 20.7 Å². The summed E-state index contributed by atoms with van der Waals surface area (Å²) >= 11 is 3.29. The third kappa shape index (κ3) is 3.77. The predicted octanol–water partition coefficient (Wildman–Crippen LogP) is 3.62. The fourth-order valence-electron chi connectivity index (χ4n) is 1.86. The minimum Gasteiger partial charge on any atom is -0.378 e. The largest absolute Gasteiger partial charge is 0.378 e. The average molecular weight is 369 g/mol. The van der Waals surface area contributed by atoms with Crippen LogP contribution in [0.5, 0.6) is 0 Å². The lowest BCUT2D eigenvalue weighted by Gasteiger charge is -2.16. The smallest absolute Gasteiger partial charge is 0.261 e. The lowest BCUT2D eigenvalue weighted by Crippen LogP contribution is -2.14. The number of aryl methyl sites for hydroxylation is 1. The molecule has 0 spiro atoms. The van der Waals surface area contributed by atoms with Crippen LogP contribution in [0.3, 0.4) is 0 Å². The molecule has 0 heterocycles. The average Bonchev–Trinajstić information content (AvgIpc) is 2.41. The molecule has 0 unspecified atom stereocenters. The third-order valence-corrected chi connectivity index (χ3v) is 5.00. The molecule has 0 saturated heterocycles. The van der Waals surface area contributed by atoms with Crippen LogP contribution in [0.2, 0.25) is 0 Å². The highest BCUT2D eigenvalue weighted by Crippen LogP contribution is 2.24. The molecular formula is C15H17BrN2O2S. The summed E-state index contributed by atoms with van der Waals surface area (Å²) in [5.41, 5.74) is 2.49. The highest BCUT2D eigenvalue weighted by Gasteiger charge is 2.15. The van der Waals surface area contributed by atoms with Gasteiger partial charge in [0.15, 0.2) is 0 Å². The van der Waals surface area contributed by atoms with Gasteiger partial charge >= 0.3 is 0 Å². The van der Waals surface area contributed by atoms with Gasteiger partial charge in [0.25, 0.3) is 10.0 Å². The maximum absolute atomic E-state index is 12.3. The number of sulfonamides is 1. The van der Waals surface area contributed by atoms with Gasteiger partial charge in [-0.3, -0.25) is 4.72 Å². The van der Waals surface area contributed by atoms with E-state index in [1.165, 1.54) is 0 Å². The zero-order valence-electron chi connectivity index (χ0n) is 12.1. The predicted molar refractivity (Wildman–Crippen MR) is 90.5 cm³/mol. The first-order chi connectivity index (χ1) is 9.79. The van der Waals surface area contributed by atoms with Crippen LogP contribution in [-0.4, -0.2) is 22.5 Å². The molecule has 2 aromatic rings. The molecule has 0 aliphatic heterocycles. The molecule has 2 rings (SSSR count). The van der Waals surface area contributed by atoms with Crippen LogP contribution >= 0.6 is 15.9 Å². The number of hydrogen-bond acceptors (Lipinski definition) is 3.